The topological polar surface area (TPSA) is 66.9 Å². The first-order valence-electron chi connectivity index (χ1n) is 7.23. The van der Waals surface area contributed by atoms with Crippen LogP contribution in [-0.2, 0) is 4.79 Å². The number of nitrogens with zero attached hydrogens (tertiary/aromatic N) is 2. The van der Waals surface area contributed by atoms with Crippen molar-refractivity contribution >= 4 is 23.1 Å². The average Bonchev–Trinajstić information content (AvgIpc) is 2.56. The fraction of sp³-hybridized carbons (Fsp3) is 0.0556. The molecule has 2 aromatic carbocycles. The van der Waals surface area contributed by atoms with Gasteiger partial charge in [-0.15, -0.1) is 0 Å². The number of para-hydroxylation sites is 1. The maximum atomic E-state index is 11.0. The van der Waals surface area contributed by atoms with Gasteiger partial charge in [-0.3, -0.25) is 9.78 Å². The van der Waals surface area contributed by atoms with Crippen LogP contribution in [0.3, 0.4) is 0 Å². The number of carbonyl (C=O) groups excluding carboxylic acids is 1. The Labute approximate surface area is 134 Å². The average molecular weight is 304 g/mol. The summed E-state index contributed by atoms with van der Waals surface area (Å²) in [5, 5.41) is 5.96. The molecule has 0 bridgehead atoms. The first-order chi connectivity index (χ1) is 11.2. The Morgan fingerprint density at radius 3 is 2.35 bits per heavy atom. The summed E-state index contributed by atoms with van der Waals surface area (Å²) in [6.45, 7) is 1.48. The van der Waals surface area contributed by atoms with Crippen LogP contribution in [0.2, 0.25) is 0 Å². The van der Waals surface area contributed by atoms with E-state index in [0.717, 1.165) is 22.6 Å². The van der Waals surface area contributed by atoms with Gasteiger partial charge in [-0.25, -0.2) is 4.98 Å². The Bertz CT molecular complexity index is 801. The molecule has 0 atom stereocenters. The third-order valence-corrected chi connectivity index (χ3v) is 3.18. The van der Waals surface area contributed by atoms with E-state index in [2.05, 4.69) is 20.6 Å². The van der Waals surface area contributed by atoms with Gasteiger partial charge in [0.15, 0.2) is 0 Å². The lowest BCUT2D eigenvalue weighted by molar-refractivity contribution is -0.114. The number of carbonyl (C=O) groups is 1. The van der Waals surface area contributed by atoms with Crippen molar-refractivity contribution in [1.29, 1.82) is 0 Å². The fourth-order valence-electron chi connectivity index (χ4n) is 2.16. The molecule has 0 aliphatic heterocycles. The minimum Gasteiger partial charge on any atom is -0.339 e. The first kappa shape index (κ1) is 14.7. The summed E-state index contributed by atoms with van der Waals surface area (Å²) >= 11 is 0. The Morgan fingerprint density at radius 1 is 0.913 bits per heavy atom. The zero-order valence-electron chi connectivity index (χ0n) is 12.7. The zero-order chi connectivity index (χ0) is 16.1. The Balaban J connectivity index is 1.80. The minimum absolute atomic E-state index is 0.0911. The van der Waals surface area contributed by atoms with Crippen LogP contribution in [-0.4, -0.2) is 15.9 Å². The molecule has 1 amide bonds. The smallest absolute Gasteiger partial charge is 0.221 e. The number of nitrogens with one attached hydrogen (secondary N) is 2. The molecular formula is C18H16N4O. The second-order valence-corrected chi connectivity index (χ2v) is 5.04. The van der Waals surface area contributed by atoms with Crippen molar-refractivity contribution in [2.45, 2.75) is 6.92 Å². The summed E-state index contributed by atoms with van der Waals surface area (Å²) in [7, 11) is 0. The molecule has 1 heterocycles. The van der Waals surface area contributed by atoms with Gasteiger partial charge in [0, 0.05) is 23.9 Å². The standard InChI is InChI=1S/C18H16N4O/c1-13(23)20-16-9-7-14(8-10-16)17-11-19-12-18(22-17)21-15-5-3-2-4-6-15/h2-12H,1H3,(H,20,23)(H,21,22). The van der Waals surface area contributed by atoms with E-state index >= 15 is 0 Å². The van der Waals surface area contributed by atoms with Gasteiger partial charge < -0.3 is 10.6 Å². The predicted octanol–water partition coefficient (Wildman–Crippen LogP) is 3.85. The van der Waals surface area contributed by atoms with Gasteiger partial charge in [-0.05, 0) is 24.3 Å². The van der Waals surface area contributed by atoms with Crippen molar-refractivity contribution in [1.82, 2.24) is 9.97 Å². The summed E-state index contributed by atoms with van der Waals surface area (Å²) in [6.07, 6.45) is 3.39. The van der Waals surface area contributed by atoms with E-state index in [-0.39, 0.29) is 5.91 Å². The van der Waals surface area contributed by atoms with Gasteiger partial charge in [0.2, 0.25) is 5.91 Å². The number of rotatable bonds is 4. The maximum Gasteiger partial charge on any atom is 0.221 e. The van der Waals surface area contributed by atoms with Crippen LogP contribution in [0.4, 0.5) is 17.2 Å². The maximum absolute atomic E-state index is 11.0. The van der Waals surface area contributed by atoms with Crippen LogP contribution >= 0.6 is 0 Å². The van der Waals surface area contributed by atoms with Gasteiger partial charge in [0.1, 0.15) is 5.82 Å². The van der Waals surface area contributed by atoms with Gasteiger partial charge in [-0.1, -0.05) is 30.3 Å². The van der Waals surface area contributed by atoms with Crippen LogP contribution in [0, 0.1) is 0 Å². The van der Waals surface area contributed by atoms with E-state index in [9.17, 15) is 4.79 Å². The molecule has 0 saturated heterocycles. The molecule has 1 aromatic heterocycles. The van der Waals surface area contributed by atoms with E-state index in [4.69, 9.17) is 0 Å². The van der Waals surface area contributed by atoms with E-state index in [1.807, 2.05) is 54.6 Å². The molecule has 5 heteroatoms. The normalized spacial score (nSPS) is 10.1. The number of amides is 1. The fourth-order valence-corrected chi connectivity index (χ4v) is 2.16. The second-order valence-electron chi connectivity index (χ2n) is 5.04. The molecule has 0 aliphatic carbocycles. The Hall–Kier alpha value is -3.21. The predicted molar refractivity (Wildman–Crippen MR) is 91.5 cm³/mol. The Kier molecular flexibility index (Phi) is 4.29. The molecule has 0 fully saturated rings. The molecule has 3 rings (SSSR count). The van der Waals surface area contributed by atoms with Crippen LogP contribution in [0.5, 0.6) is 0 Å². The minimum atomic E-state index is -0.0911. The molecule has 2 N–H and O–H groups in total. The lowest BCUT2D eigenvalue weighted by atomic mass is 10.1. The van der Waals surface area contributed by atoms with Crippen molar-refractivity contribution < 1.29 is 4.79 Å². The highest BCUT2D eigenvalue weighted by molar-refractivity contribution is 5.88. The van der Waals surface area contributed by atoms with E-state index in [1.165, 1.54) is 6.92 Å². The summed E-state index contributed by atoms with van der Waals surface area (Å²) in [5.74, 6) is 0.589. The number of hydrogen-bond donors (Lipinski definition) is 2. The monoisotopic (exact) mass is 304 g/mol. The molecule has 0 spiro atoms. The highest BCUT2D eigenvalue weighted by atomic mass is 16.1. The first-order valence-corrected chi connectivity index (χ1v) is 7.23. The molecule has 0 radical (unpaired) electrons. The molecule has 0 saturated carbocycles. The van der Waals surface area contributed by atoms with Crippen molar-refractivity contribution in [3.63, 3.8) is 0 Å². The number of hydrogen-bond acceptors (Lipinski definition) is 4. The van der Waals surface area contributed by atoms with Crippen molar-refractivity contribution in [2.75, 3.05) is 10.6 Å². The summed E-state index contributed by atoms with van der Waals surface area (Å²) in [6, 6.07) is 17.3. The molecule has 3 aromatic rings. The largest absolute Gasteiger partial charge is 0.339 e. The lowest BCUT2D eigenvalue weighted by Gasteiger charge is -2.08. The number of aromatic nitrogens is 2. The van der Waals surface area contributed by atoms with Crippen molar-refractivity contribution in [3.8, 4) is 11.3 Å². The van der Waals surface area contributed by atoms with Crippen molar-refractivity contribution in [3.05, 3.63) is 67.0 Å². The quantitative estimate of drug-likeness (QED) is 0.768. The molecule has 23 heavy (non-hydrogen) atoms. The lowest BCUT2D eigenvalue weighted by Crippen LogP contribution is -2.05. The van der Waals surface area contributed by atoms with E-state index < -0.39 is 0 Å². The SMILES string of the molecule is CC(=O)Nc1ccc(-c2cncc(Nc3ccccc3)n2)cc1. The zero-order valence-corrected chi connectivity index (χ0v) is 12.7. The third-order valence-electron chi connectivity index (χ3n) is 3.18. The highest BCUT2D eigenvalue weighted by Gasteiger charge is 2.03. The molecule has 0 unspecified atom stereocenters. The highest BCUT2D eigenvalue weighted by Crippen LogP contribution is 2.21. The van der Waals surface area contributed by atoms with E-state index in [0.29, 0.717) is 5.82 Å². The van der Waals surface area contributed by atoms with Gasteiger partial charge in [0.05, 0.1) is 18.1 Å². The Morgan fingerprint density at radius 2 is 1.65 bits per heavy atom. The summed E-state index contributed by atoms with van der Waals surface area (Å²) in [5.41, 5.74) is 3.41. The third kappa shape index (κ3) is 3.91. The van der Waals surface area contributed by atoms with Crippen molar-refractivity contribution in [2.24, 2.45) is 0 Å². The molecule has 0 aliphatic rings. The molecule has 114 valence electrons. The summed E-state index contributed by atoms with van der Waals surface area (Å²) < 4.78 is 0. The van der Waals surface area contributed by atoms with Gasteiger partial charge >= 0.3 is 0 Å². The second kappa shape index (κ2) is 6.70. The van der Waals surface area contributed by atoms with Gasteiger partial charge in [0.25, 0.3) is 0 Å². The van der Waals surface area contributed by atoms with Crippen LogP contribution in [0.1, 0.15) is 6.92 Å². The van der Waals surface area contributed by atoms with E-state index in [1.54, 1.807) is 12.4 Å². The summed E-state index contributed by atoms with van der Waals surface area (Å²) in [4.78, 5) is 19.8. The number of benzene rings is 2. The molecular weight excluding hydrogens is 288 g/mol. The molecule has 5 nitrogen and oxygen atoms in total. The van der Waals surface area contributed by atoms with Gasteiger partial charge in [-0.2, -0.15) is 0 Å². The van der Waals surface area contributed by atoms with Crippen LogP contribution in [0.15, 0.2) is 67.0 Å². The number of anilines is 3. The van der Waals surface area contributed by atoms with Crippen LogP contribution < -0.4 is 10.6 Å². The van der Waals surface area contributed by atoms with Crippen LogP contribution in [0.25, 0.3) is 11.3 Å².